The molecule has 1 saturated heterocycles. The van der Waals surface area contributed by atoms with Gasteiger partial charge in [0.15, 0.2) is 0 Å². The highest BCUT2D eigenvalue weighted by atomic mass is 16.5. The van der Waals surface area contributed by atoms with Crippen LogP contribution in [0.2, 0.25) is 0 Å². The molecule has 0 unspecified atom stereocenters. The van der Waals surface area contributed by atoms with Crippen LogP contribution in [0.15, 0.2) is 0 Å². The van der Waals surface area contributed by atoms with Crippen molar-refractivity contribution < 1.29 is 4.74 Å². The first-order valence-electron chi connectivity index (χ1n) is 7.58. The van der Waals surface area contributed by atoms with Gasteiger partial charge in [0, 0.05) is 20.6 Å². The van der Waals surface area contributed by atoms with E-state index in [2.05, 4.69) is 37.1 Å². The number of hydrogen-bond acceptors (Lipinski definition) is 7. The van der Waals surface area contributed by atoms with Gasteiger partial charge in [-0.2, -0.15) is 15.0 Å². The third kappa shape index (κ3) is 4.42. The smallest absolute Gasteiger partial charge is 0.323 e. The van der Waals surface area contributed by atoms with Crippen LogP contribution < -0.4 is 15.0 Å². The number of aromatic nitrogens is 3. The van der Waals surface area contributed by atoms with Crippen molar-refractivity contribution in [3.63, 3.8) is 0 Å². The van der Waals surface area contributed by atoms with E-state index in [4.69, 9.17) is 4.74 Å². The Labute approximate surface area is 126 Å². The Morgan fingerprint density at radius 2 is 2.00 bits per heavy atom. The minimum Gasteiger partial charge on any atom is -0.464 e. The summed E-state index contributed by atoms with van der Waals surface area (Å²) >= 11 is 0. The summed E-state index contributed by atoms with van der Waals surface area (Å²) < 4.78 is 5.41. The van der Waals surface area contributed by atoms with Gasteiger partial charge >= 0.3 is 6.01 Å². The van der Waals surface area contributed by atoms with Gasteiger partial charge in [-0.05, 0) is 45.8 Å². The third-order valence-corrected chi connectivity index (χ3v) is 3.81. The molecule has 0 bridgehead atoms. The molecule has 0 atom stereocenters. The lowest BCUT2D eigenvalue weighted by Gasteiger charge is -2.31. The van der Waals surface area contributed by atoms with E-state index in [9.17, 15) is 0 Å². The monoisotopic (exact) mass is 294 g/mol. The van der Waals surface area contributed by atoms with E-state index < -0.39 is 0 Å². The van der Waals surface area contributed by atoms with Gasteiger partial charge in [0.2, 0.25) is 11.9 Å². The highest BCUT2D eigenvalue weighted by Gasteiger charge is 2.20. The highest BCUT2D eigenvalue weighted by Crippen LogP contribution is 2.20. The van der Waals surface area contributed by atoms with Gasteiger partial charge in [-0.1, -0.05) is 0 Å². The molecule has 1 aliphatic rings. The summed E-state index contributed by atoms with van der Waals surface area (Å²) in [5.41, 5.74) is 0. The predicted octanol–water partition coefficient (Wildman–Crippen LogP) is 1.09. The molecule has 1 fully saturated rings. The second-order valence-corrected chi connectivity index (χ2v) is 5.55. The molecule has 7 heteroatoms. The molecule has 2 heterocycles. The summed E-state index contributed by atoms with van der Waals surface area (Å²) in [4.78, 5) is 17.5. The summed E-state index contributed by atoms with van der Waals surface area (Å²) in [5, 5.41) is 2.95. The number of nitrogens with zero attached hydrogens (tertiary/aromatic N) is 5. The van der Waals surface area contributed by atoms with Crippen LogP contribution in [0.5, 0.6) is 6.01 Å². The van der Waals surface area contributed by atoms with Gasteiger partial charge in [-0.25, -0.2) is 0 Å². The molecule has 1 aromatic heterocycles. The molecule has 0 spiro atoms. The lowest BCUT2D eigenvalue weighted by Crippen LogP contribution is -2.36. The molecule has 0 saturated carbocycles. The Bertz CT molecular complexity index is 447. The summed E-state index contributed by atoms with van der Waals surface area (Å²) in [7, 11) is 6.01. The first-order valence-corrected chi connectivity index (χ1v) is 7.58. The molecular weight excluding hydrogens is 268 g/mol. The summed E-state index contributed by atoms with van der Waals surface area (Å²) in [6.07, 6.45) is 2.45. The van der Waals surface area contributed by atoms with Crippen LogP contribution in [0.1, 0.15) is 19.8 Å². The molecule has 0 aliphatic carbocycles. The number of ether oxygens (including phenoxy) is 1. The van der Waals surface area contributed by atoms with Crippen molar-refractivity contribution >= 4 is 11.9 Å². The van der Waals surface area contributed by atoms with Crippen molar-refractivity contribution in [3.05, 3.63) is 0 Å². The fraction of sp³-hybridized carbons (Fsp3) is 0.786. The van der Waals surface area contributed by atoms with Crippen molar-refractivity contribution in [2.45, 2.75) is 19.8 Å². The van der Waals surface area contributed by atoms with E-state index in [1.165, 1.54) is 25.9 Å². The van der Waals surface area contributed by atoms with E-state index in [0.29, 0.717) is 30.4 Å². The van der Waals surface area contributed by atoms with Crippen LogP contribution in [0.4, 0.5) is 11.9 Å². The lowest BCUT2D eigenvalue weighted by atomic mass is 9.97. The molecule has 0 aromatic carbocycles. The van der Waals surface area contributed by atoms with Crippen molar-refractivity contribution in [1.29, 1.82) is 0 Å². The maximum absolute atomic E-state index is 5.41. The van der Waals surface area contributed by atoms with E-state index >= 15 is 0 Å². The normalized spacial score (nSPS) is 16.8. The molecule has 1 aromatic rings. The average Bonchev–Trinajstić information content (AvgIpc) is 2.49. The third-order valence-electron chi connectivity index (χ3n) is 3.81. The van der Waals surface area contributed by atoms with Crippen LogP contribution in [-0.4, -0.2) is 67.2 Å². The van der Waals surface area contributed by atoms with Gasteiger partial charge in [-0.15, -0.1) is 0 Å². The lowest BCUT2D eigenvalue weighted by molar-refractivity contribution is 0.222. The number of nitrogens with one attached hydrogen (secondary N) is 1. The molecule has 118 valence electrons. The minimum atomic E-state index is 0.377. The SMILES string of the molecule is CCOc1nc(NC)nc(N(C)CC2CCN(C)CC2)n1. The molecule has 0 radical (unpaired) electrons. The number of likely N-dealkylation sites (tertiary alicyclic amines) is 1. The second kappa shape index (κ2) is 7.40. The molecule has 1 N–H and O–H groups in total. The van der Waals surface area contributed by atoms with Crippen LogP contribution in [0.25, 0.3) is 0 Å². The average molecular weight is 294 g/mol. The van der Waals surface area contributed by atoms with E-state index in [0.717, 1.165) is 6.54 Å². The Morgan fingerprint density at radius 1 is 1.29 bits per heavy atom. The van der Waals surface area contributed by atoms with Crippen LogP contribution in [-0.2, 0) is 0 Å². The Morgan fingerprint density at radius 3 is 2.62 bits per heavy atom. The van der Waals surface area contributed by atoms with E-state index in [1.54, 1.807) is 7.05 Å². The predicted molar refractivity (Wildman–Crippen MR) is 84.0 cm³/mol. The largest absolute Gasteiger partial charge is 0.464 e. The van der Waals surface area contributed by atoms with Crippen molar-refractivity contribution in [2.75, 3.05) is 57.6 Å². The zero-order valence-corrected chi connectivity index (χ0v) is 13.5. The van der Waals surface area contributed by atoms with Crippen molar-refractivity contribution in [3.8, 4) is 6.01 Å². The zero-order valence-electron chi connectivity index (χ0n) is 13.5. The zero-order chi connectivity index (χ0) is 15.2. The van der Waals surface area contributed by atoms with Crippen LogP contribution in [0, 0.1) is 5.92 Å². The minimum absolute atomic E-state index is 0.377. The molecule has 7 nitrogen and oxygen atoms in total. The van der Waals surface area contributed by atoms with Crippen molar-refractivity contribution in [2.24, 2.45) is 5.92 Å². The van der Waals surface area contributed by atoms with Gasteiger partial charge < -0.3 is 19.9 Å². The Kier molecular flexibility index (Phi) is 5.55. The molecule has 2 rings (SSSR count). The molecule has 0 amide bonds. The van der Waals surface area contributed by atoms with Gasteiger partial charge in [0.05, 0.1) is 6.61 Å². The quantitative estimate of drug-likeness (QED) is 0.842. The molecule has 1 aliphatic heterocycles. The second-order valence-electron chi connectivity index (χ2n) is 5.55. The topological polar surface area (TPSA) is 66.4 Å². The first-order chi connectivity index (χ1) is 10.1. The number of piperidine rings is 1. The maximum atomic E-state index is 5.41. The fourth-order valence-corrected chi connectivity index (χ4v) is 2.54. The fourth-order valence-electron chi connectivity index (χ4n) is 2.54. The molecule has 21 heavy (non-hydrogen) atoms. The summed E-state index contributed by atoms with van der Waals surface area (Å²) in [5.74, 6) is 1.90. The van der Waals surface area contributed by atoms with E-state index in [1.807, 2.05) is 14.0 Å². The Balaban J connectivity index is 2.03. The van der Waals surface area contributed by atoms with Crippen LogP contribution >= 0.6 is 0 Å². The first kappa shape index (κ1) is 15.8. The van der Waals surface area contributed by atoms with Gasteiger partial charge in [0.25, 0.3) is 0 Å². The Hall–Kier alpha value is -1.63. The standard InChI is InChI=1S/C14H26N6O/c1-5-21-14-17-12(15-2)16-13(18-14)20(4)10-11-6-8-19(3)9-7-11/h11H,5-10H2,1-4H3,(H,15,16,17,18). The molecular formula is C14H26N6O. The van der Waals surface area contributed by atoms with E-state index in [-0.39, 0.29) is 0 Å². The van der Waals surface area contributed by atoms with Crippen LogP contribution in [0.3, 0.4) is 0 Å². The number of hydrogen-bond donors (Lipinski definition) is 1. The number of rotatable bonds is 6. The maximum Gasteiger partial charge on any atom is 0.323 e. The highest BCUT2D eigenvalue weighted by molar-refractivity contribution is 5.37. The van der Waals surface area contributed by atoms with Gasteiger partial charge in [0.1, 0.15) is 0 Å². The van der Waals surface area contributed by atoms with Crippen molar-refractivity contribution in [1.82, 2.24) is 19.9 Å². The summed E-state index contributed by atoms with van der Waals surface area (Å²) in [6, 6.07) is 0.377. The number of anilines is 2. The van der Waals surface area contributed by atoms with Gasteiger partial charge in [-0.3, -0.25) is 0 Å². The summed E-state index contributed by atoms with van der Waals surface area (Å²) in [6.45, 7) is 5.77.